The van der Waals surface area contributed by atoms with E-state index in [-0.39, 0.29) is 6.04 Å². The predicted molar refractivity (Wildman–Crippen MR) is 67.3 cm³/mol. The van der Waals surface area contributed by atoms with Crippen molar-refractivity contribution in [3.63, 3.8) is 0 Å². The second-order valence-electron chi connectivity index (χ2n) is 5.15. The van der Waals surface area contributed by atoms with E-state index >= 15 is 0 Å². The Morgan fingerprint density at radius 1 is 1.28 bits per heavy atom. The Kier molecular flexibility index (Phi) is 3.58. The SMILES string of the molecule is NC1CCc2nnc(CCN3CCOCC3)n2C1. The van der Waals surface area contributed by atoms with Crippen LogP contribution >= 0.6 is 0 Å². The van der Waals surface area contributed by atoms with Crippen LogP contribution in [-0.2, 0) is 24.1 Å². The molecule has 1 saturated heterocycles. The van der Waals surface area contributed by atoms with Crippen LogP contribution in [0.1, 0.15) is 18.1 Å². The minimum absolute atomic E-state index is 0.260. The molecule has 3 rings (SSSR count). The molecule has 0 saturated carbocycles. The zero-order chi connectivity index (χ0) is 12.4. The molecule has 0 spiro atoms. The first-order valence-corrected chi connectivity index (χ1v) is 6.79. The third-order valence-electron chi connectivity index (χ3n) is 3.82. The van der Waals surface area contributed by atoms with E-state index in [1.165, 1.54) is 0 Å². The minimum Gasteiger partial charge on any atom is -0.379 e. The second-order valence-corrected chi connectivity index (χ2v) is 5.15. The Bertz CT molecular complexity index is 399. The topological polar surface area (TPSA) is 69.2 Å². The van der Waals surface area contributed by atoms with Crippen molar-refractivity contribution in [2.24, 2.45) is 5.73 Å². The van der Waals surface area contributed by atoms with Crippen molar-refractivity contribution in [3.05, 3.63) is 11.6 Å². The molecule has 0 aromatic carbocycles. The first-order valence-electron chi connectivity index (χ1n) is 6.79. The van der Waals surface area contributed by atoms with Gasteiger partial charge in [-0.25, -0.2) is 0 Å². The van der Waals surface area contributed by atoms with Crippen molar-refractivity contribution < 1.29 is 4.74 Å². The molecule has 1 fully saturated rings. The Morgan fingerprint density at radius 2 is 2.11 bits per heavy atom. The number of rotatable bonds is 3. The lowest BCUT2D eigenvalue weighted by Crippen LogP contribution is -2.38. The number of fused-ring (bicyclic) bond motifs is 1. The predicted octanol–water partition coefficient (Wildman–Crippen LogP) is -0.574. The first-order chi connectivity index (χ1) is 8.83. The van der Waals surface area contributed by atoms with Gasteiger partial charge in [-0.2, -0.15) is 0 Å². The molecule has 0 bridgehead atoms. The fraction of sp³-hybridized carbons (Fsp3) is 0.833. The molecule has 0 amide bonds. The van der Waals surface area contributed by atoms with Crippen molar-refractivity contribution in [2.75, 3.05) is 32.8 Å². The lowest BCUT2D eigenvalue weighted by molar-refractivity contribution is 0.0381. The number of morpholine rings is 1. The Balaban J connectivity index is 1.61. The van der Waals surface area contributed by atoms with E-state index in [4.69, 9.17) is 10.5 Å². The average Bonchev–Trinajstić information content (AvgIpc) is 2.80. The van der Waals surface area contributed by atoms with Crippen LogP contribution in [0.15, 0.2) is 0 Å². The maximum Gasteiger partial charge on any atom is 0.134 e. The Hall–Kier alpha value is -0.980. The molecule has 3 heterocycles. The molecule has 1 aromatic rings. The summed E-state index contributed by atoms with van der Waals surface area (Å²) in [6, 6.07) is 0.260. The van der Waals surface area contributed by atoms with Gasteiger partial charge in [-0.05, 0) is 6.42 Å². The molecule has 100 valence electrons. The van der Waals surface area contributed by atoms with Crippen molar-refractivity contribution in [3.8, 4) is 0 Å². The summed E-state index contributed by atoms with van der Waals surface area (Å²) in [6.45, 7) is 5.67. The van der Waals surface area contributed by atoms with Gasteiger partial charge in [-0.1, -0.05) is 0 Å². The highest BCUT2D eigenvalue weighted by Crippen LogP contribution is 2.14. The maximum absolute atomic E-state index is 6.01. The highest BCUT2D eigenvalue weighted by atomic mass is 16.5. The van der Waals surface area contributed by atoms with Crippen LogP contribution in [0.5, 0.6) is 0 Å². The normalized spacial score (nSPS) is 25.1. The zero-order valence-corrected chi connectivity index (χ0v) is 10.7. The molecule has 18 heavy (non-hydrogen) atoms. The van der Waals surface area contributed by atoms with Crippen LogP contribution in [0.3, 0.4) is 0 Å². The quantitative estimate of drug-likeness (QED) is 0.779. The van der Waals surface area contributed by atoms with E-state index in [1.807, 2.05) is 0 Å². The summed E-state index contributed by atoms with van der Waals surface area (Å²) in [5.74, 6) is 2.19. The monoisotopic (exact) mass is 251 g/mol. The lowest BCUT2D eigenvalue weighted by Gasteiger charge is -2.26. The van der Waals surface area contributed by atoms with E-state index in [1.54, 1.807) is 0 Å². The molecular formula is C12H21N5O. The first kappa shape index (κ1) is 12.1. The highest BCUT2D eigenvalue weighted by Gasteiger charge is 2.20. The number of nitrogens with two attached hydrogens (primary N) is 1. The van der Waals surface area contributed by atoms with E-state index in [0.29, 0.717) is 0 Å². The summed E-state index contributed by atoms with van der Waals surface area (Å²) in [6.07, 6.45) is 2.95. The van der Waals surface area contributed by atoms with Gasteiger partial charge in [0, 0.05) is 45.1 Å². The van der Waals surface area contributed by atoms with Crippen LogP contribution < -0.4 is 5.73 Å². The molecule has 6 nitrogen and oxygen atoms in total. The average molecular weight is 251 g/mol. The van der Waals surface area contributed by atoms with Crippen molar-refractivity contribution >= 4 is 0 Å². The lowest BCUT2D eigenvalue weighted by atomic mass is 10.1. The van der Waals surface area contributed by atoms with Gasteiger partial charge in [0.15, 0.2) is 0 Å². The van der Waals surface area contributed by atoms with Crippen LogP contribution in [-0.4, -0.2) is 58.6 Å². The molecule has 0 radical (unpaired) electrons. The van der Waals surface area contributed by atoms with Crippen LogP contribution in [0.2, 0.25) is 0 Å². The number of aryl methyl sites for hydroxylation is 1. The third-order valence-corrected chi connectivity index (χ3v) is 3.82. The summed E-state index contributed by atoms with van der Waals surface area (Å²) in [7, 11) is 0. The number of hydrogen-bond donors (Lipinski definition) is 1. The standard InChI is InChI=1S/C12H21N5O/c13-10-1-2-11-14-15-12(17(11)9-10)3-4-16-5-7-18-8-6-16/h10H,1-9,13H2. The van der Waals surface area contributed by atoms with Gasteiger partial charge in [-0.3, -0.25) is 4.90 Å². The fourth-order valence-corrected chi connectivity index (χ4v) is 2.68. The van der Waals surface area contributed by atoms with Gasteiger partial charge in [0.1, 0.15) is 11.6 Å². The largest absolute Gasteiger partial charge is 0.379 e. The maximum atomic E-state index is 6.01. The van der Waals surface area contributed by atoms with Gasteiger partial charge < -0.3 is 15.0 Å². The molecule has 2 N–H and O–H groups in total. The molecule has 1 aromatic heterocycles. The van der Waals surface area contributed by atoms with E-state index in [2.05, 4.69) is 19.7 Å². The molecule has 2 aliphatic heterocycles. The summed E-state index contributed by atoms with van der Waals surface area (Å²) < 4.78 is 7.57. The van der Waals surface area contributed by atoms with Crippen LogP contribution in [0.25, 0.3) is 0 Å². The van der Waals surface area contributed by atoms with E-state index in [9.17, 15) is 0 Å². The second kappa shape index (κ2) is 5.34. The van der Waals surface area contributed by atoms with Crippen LogP contribution in [0, 0.1) is 0 Å². The number of hydrogen-bond acceptors (Lipinski definition) is 5. The molecule has 0 aliphatic carbocycles. The van der Waals surface area contributed by atoms with Gasteiger partial charge in [-0.15, -0.1) is 10.2 Å². The molecule has 6 heteroatoms. The molecule has 1 unspecified atom stereocenters. The Labute approximate surface area is 107 Å². The fourth-order valence-electron chi connectivity index (χ4n) is 2.68. The van der Waals surface area contributed by atoms with Crippen LogP contribution in [0.4, 0.5) is 0 Å². The molecule has 1 atom stereocenters. The van der Waals surface area contributed by atoms with Crippen molar-refractivity contribution in [2.45, 2.75) is 31.8 Å². The molecular weight excluding hydrogens is 230 g/mol. The molecule has 2 aliphatic rings. The number of ether oxygens (including phenoxy) is 1. The van der Waals surface area contributed by atoms with E-state index < -0.39 is 0 Å². The van der Waals surface area contributed by atoms with Gasteiger partial charge in [0.25, 0.3) is 0 Å². The van der Waals surface area contributed by atoms with Gasteiger partial charge in [0.05, 0.1) is 13.2 Å². The van der Waals surface area contributed by atoms with Gasteiger partial charge in [0.2, 0.25) is 0 Å². The number of nitrogens with zero attached hydrogens (tertiary/aromatic N) is 4. The summed E-state index contributed by atoms with van der Waals surface area (Å²) in [5, 5.41) is 8.59. The summed E-state index contributed by atoms with van der Waals surface area (Å²) >= 11 is 0. The Morgan fingerprint density at radius 3 is 2.94 bits per heavy atom. The third kappa shape index (κ3) is 2.55. The van der Waals surface area contributed by atoms with E-state index in [0.717, 1.165) is 70.3 Å². The smallest absolute Gasteiger partial charge is 0.134 e. The summed E-state index contributed by atoms with van der Waals surface area (Å²) in [5.41, 5.74) is 6.01. The van der Waals surface area contributed by atoms with Gasteiger partial charge >= 0.3 is 0 Å². The zero-order valence-electron chi connectivity index (χ0n) is 10.7. The van der Waals surface area contributed by atoms with Crippen molar-refractivity contribution in [1.29, 1.82) is 0 Å². The van der Waals surface area contributed by atoms with Crippen molar-refractivity contribution in [1.82, 2.24) is 19.7 Å². The summed E-state index contributed by atoms with van der Waals surface area (Å²) in [4.78, 5) is 2.42. The number of aromatic nitrogens is 3. The minimum atomic E-state index is 0.260. The highest BCUT2D eigenvalue weighted by molar-refractivity contribution is 5.01.